The molecule has 0 saturated carbocycles. The van der Waals surface area contributed by atoms with E-state index in [2.05, 4.69) is 30.7 Å². The van der Waals surface area contributed by atoms with E-state index in [1.54, 1.807) is 12.1 Å². The Morgan fingerprint density at radius 3 is 2.75 bits per heavy atom. The average Bonchev–Trinajstić information content (AvgIpc) is 2.53. The number of benzene rings is 1. The molecule has 0 amide bonds. The summed E-state index contributed by atoms with van der Waals surface area (Å²) in [5, 5.41) is 9.32. The molecular weight excluding hydrogens is 302 g/mol. The molecule has 1 aliphatic heterocycles. The van der Waals surface area contributed by atoms with E-state index in [-0.39, 0.29) is 5.41 Å². The smallest absolute Gasteiger partial charge is 0.336 e. The maximum Gasteiger partial charge on any atom is 0.336 e. The zero-order chi connectivity index (χ0) is 17.3. The molecule has 1 N–H and O–H groups in total. The number of nitrogens with zero attached hydrogens (tertiary/aromatic N) is 3. The van der Waals surface area contributed by atoms with Crippen LogP contribution in [0.4, 0.5) is 0 Å². The standard InChI is InChI=1S/C19H23N3O2/c1-19(2,3)18-20-10-14-12-22(9-8-16(14)21-18)11-13-6-4-5-7-15(13)17(23)24/h4-7,10H,8-9,11-12H2,1-3H3,(H,23,24). The first-order chi connectivity index (χ1) is 11.3. The number of fused-ring (bicyclic) bond motifs is 1. The fourth-order valence-electron chi connectivity index (χ4n) is 2.98. The van der Waals surface area contributed by atoms with Crippen molar-refractivity contribution in [3.63, 3.8) is 0 Å². The fraction of sp³-hybridized carbons (Fsp3) is 0.421. The summed E-state index contributed by atoms with van der Waals surface area (Å²) >= 11 is 0. The number of carboxylic acid groups (broad SMARTS) is 1. The van der Waals surface area contributed by atoms with Crippen LogP contribution < -0.4 is 0 Å². The van der Waals surface area contributed by atoms with Crippen LogP contribution in [0.1, 0.15) is 53.8 Å². The molecule has 0 atom stereocenters. The molecule has 0 fully saturated rings. The van der Waals surface area contributed by atoms with Crippen LogP contribution in [0.25, 0.3) is 0 Å². The number of carboxylic acids is 1. The summed E-state index contributed by atoms with van der Waals surface area (Å²) in [5.41, 5.74) is 3.44. The number of aromatic carboxylic acids is 1. The molecule has 5 nitrogen and oxygen atoms in total. The highest BCUT2D eigenvalue weighted by Gasteiger charge is 2.23. The highest BCUT2D eigenvalue weighted by atomic mass is 16.4. The molecule has 2 heterocycles. The second kappa shape index (κ2) is 6.32. The topological polar surface area (TPSA) is 66.3 Å². The maximum absolute atomic E-state index is 11.4. The fourth-order valence-corrected chi connectivity index (χ4v) is 2.98. The van der Waals surface area contributed by atoms with Gasteiger partial charge in [0.25, 0.3) is 0 Å². The van der Waals surface area contributed by atoms with Gasteiger partial charge in [0.1, 0.15) is 5.82 Å². The van der Waals surface area contributed by atoms with Crippen molar-refractivity contribution in [1.29, 1.82) is 0 Å². The molecule has 1 aromatic carbocycles. The Bertz CT molecular complexity index is 765. The van der Waals surface area contributed by atoms with Gasteiger partial charge < -0.3 is 5.11 Å². The Balaban J connectivity index is 1.78. The zero-order valence-electron chi connectivity index (χ0n) is 14.4. The summed E-state index contributed by atoms with van der Waals surface area (Å²) in [7, 11) is 0. The number of hydrogen-bond acceptors (Lipinski definition) is 4. The normalized spacial score (nSPS) is 15.1. The summed E-state index contributed by atoms with van der Waals surface area (Å²) in [6, 6.07) is 7.20. The molecule has 24 heavy (non-hydrogen) atoms. The van der Waals surface area contributed by atoms with Crippen molar-refractivity contribution < 1.29 is 9.90 Å². The molecule has 1 aromatic heterocycles. The van der Waals surface area contributed by atoms with Crippen molar-refractivity contribution in [3.8, 4) is 0 Å². The van der Waals surface area contributed by atoms with Gasteiger partial charge in [-0.2, -0.15) is 0 Å². The van der Waals surface area contributed by atoms with Crippen molar-refractivity contribution in [1.82, 2.24) is 14.9 Å². The van der Waals surface area contributed by atoms with Crippen molar-refractivity contribution in [2.24, 2.45) is 0 Å². The van der Waals surface area contributed by atoms with Crippen LogP contribution in [0.2, 0.25) is 0 Å². The van der Waals surface area contributed by atoms with Crippen molar-refractivity contribution in [2.75, 3.05) is 6.54 Å². The lowest BCUT2D eigenvalue weighted by Gasteiger charge is -2.29. The van der Waals surface area contributed by atoms with Gasteiger partial charge in [0.15, 0.2) is 0 Å². The molecule has 5 heteroatoms. The van der Waals surface area contributed by atoms with E-state index in [9.17, 15) is 9.90 Å². The second-order valence-electron chi connectivity index (χ2n) is 7.34. The lowest BCUT2D eigenvalue weighted by atomic mass is 9.95. The van der Waals surface area contributed by atoms with Crippen molar-refractivity contribution in [3.05, 3.63) is 58.7 Å². The Kier molecular flexibility index (Phi) is 4.37. The lowest BCUT2D eigenvalue weighted by molar-refractivity contribution is 0.0694. The number of aromatic nitrogens is 2. The molecular formula is C19H23N3O2. The Morgan fingerprint density at radius 1 is 1.29 bits per heavy atom. The third-order valence-electron chi connectivity index (χ3n) is 4.33. The molecule has 0 spiro atoms. The van der Waals surface area contributed by atoms with Gasteiger partial charge in [0.05, 0.1) is 5.56 Å². The number of rotatable bonds is 3. The predicted octanol–water partition coefficient (Wildman–Crippen LogP) is 3.03. The first kappa shape index (κ1) is 16.6. The summed E-state index contributed by atoms with van der Waals surface area (Å²) in [4.78, 5) is 22.9. The van der Waals surface area contributed by atoms with Gasteiger partial charge in [-0.05, 0) is 11.6 Å². The molecule has 0 aliphatic carbocycles. The first-order valence-corrected chi connectivity index (χ1v) is 8.23. The van der Waals surface area contributed by atoms with E-state index in [0.717, 1.165) is 42.2 Å². The minimum Gasteiger partial charge on any atom is -0.478 e. The van der Waals surface area contributed by atoms with Gasteiger partial charge in [-0.1, -0.05) is 39.0 Å². The molecule has 0 unspecified atom stereocenters. The Hall–Kier alpha value is -2.27. The molecule has 126 valence electrons. The molecule has 1 aliphatic rings. The molecule has 2 aromatic rings. The second-order valence-corrected chi connectivity index (χ2v) is 7.34. The summed E-state index contributed by atoms with van der Waals surface area (Å²) in [5.74, 6) is 0.00656. The molecule has 0 bridgehead atoms. The van der Waals surface area contributed by atoms with E-state index < -0.39 is 5.97 Å². The van der Waals surface area contributed by atoms with Crippen LogP contribution in [-0.2, 0) is 24.9 Å². The van der Waals surface area contributed by atoms with E-state index in [0.29, 0.717) is 12.1 Å². The van der Waals surface area contributed by atoms with Crippen LogP contribution in [0.3, 0.4) is 0 Å². The van der Waals surface area contributed by atoms with Crippen molar-refractivity contribution >= 4 is 5.97 Å². The first-order valence-electron chi connectivity index (χ1n) is 8.23. The predicted molar refractivity (Wildman–Crippen MR) is 92.0 cm³/mol. The monoisotopic (exact) mass is 325 g/mol. The van der Waals surface area contributed by atoms with Gasteiger partial charge in [-0.15, -0.1) is 0 Å². The van der Waals surface area contributed by atoms with Crippen LogP contribution in [-0.4, -0.2) is 32.5 Å². The van der Waals surface area contributed by atoms with Crippen LogP contribution in [0, 0.1) is 0 Å². The number of carbonyl (C=O) groups is 1. The minimum atomic E-state index is -0.874. The highest BCUT2D eigenvalue weighted by Crippen LogP contribution is 2.23. The Labute approximate surface area is 142 Å². The Morgan fingerprint density at radius 2 is 2.04 bits per heavy atom. The molecule has 0 saturated heterocycles. The molecule has 0 radical (unpaired) electrons. The van der Waals surface area contributed by atoms with Crippen LogP contribution >= 0.6 is 0 Å². The van der Waals surface area contributed by atoms with Crippen LogP contribution in [0.5, 0.6) is 0 Å². The SMILES string of the molecule is CC(C)(C)c1ncc2c(n1)CCN(Cc1ccccc1C(=O)O)C2. The van der Waals surface area contributed by atoms with E-state index in [1.807, 2.05) is 18.3 Å². The zero-order valence-corrected chi connectivity index (χ0v) is 14.4. The van der Waals surface area contributed by atoms with E-state index >= 15 is 0 Å². The number of hydrogen-bond donors (Lipinski definition) is 1. The van der Waals surface area contributed by atoms with Crippen molar-refractivity contribution in [2.45, 2.75) is 45.7 Å². The maximum atomic E-state index is 11.4. The summed E-state index contributed by atoms with van der Waals surface area (Å²) < 4.78 is 0. The lowest BCUT2D eigenvalue weighted by Crippen LogP contribution is -2.32. The quantitative estimate of drug-likeness (QED) is 0.939. The van der Waals surface area contributed by atoms with Gasteiger partial charge in [0.2, 0.25) is 0 Å². The third kappa shape index (κ3) is 3.46. The third-order valence-corrected chi connectivity index (χ3v) is 4.33. The average molecular weight is 325 g/mol. The van der Waals surface area contributed by atoms with E-state index in [1.165, 1.54) is 0 Å². The van der Waals surface area contributed by atoms with E-state index in [4.69, 9.17) is 4.98 Å². The highest BCUT2D eigenvalue weighted by molar-refractivity contribution is 5.89. The minimum absolute atomic E-state index is 0.0490. The summed E-state index contributed by atoms with van der Waals surface area (Å²) in [6.45, 7) is 8.62. The van der Waals surface area contributed by atoms with Gasteiger partial charge in [0, 0.05) is 48.9 Å². The van der Waals surface area contributed by atoms with Gasteiger partial charge in [-0.25, -0.2) is 14.8 Å². The van der Waals surface area contributed by atoms with Gasteiger partial charge in [-0.3, -0.25) is 4.90 Å². The van der Waals surface area contributed by atoms with Gasteiger partial charge >= 0.3 is 5.97 Å². The largest absolute Gasteiger partial charge is 0.478 e. The molecule has 3 rings (SSSR count). The van der Waals surface area contributed by atoms with Crippen LogP contribution in [0.15, 0.2) is 30.5 Å². The summed E-state index contributed by atoms with van der Waals surface area (Å²) in [6.07, 6.45) is 2.80.